The Labute approximate surface area is 98.3 Å². The van der Waals surface area contributed by atoms with E-state index in [1.807, 2.05) is 6.07 Å². The number of hydrogen-bond acceptors (Lipinski definition) is 4. The van der Waals surface area contributed by atoms with Gasteiger partial charge >= 0.3 is 0 Å². The zero-order valence-corrected chi connectivity index (χ0v) is 9.22. The lowest BCUT2D eigenvalue weighted by Crippen LogP contribution is -2.22. The number of anilines is 1. The molecule has 2 atom stereocenters. The Hall–Kier alpha value is -1.28. The van der Waals surface area contributed by atoms with E-state index >= 15 is 0 Å². The van der Waals surface area contributed by atoms with Gasteiger partial charge in [0, 0.05) is 13.1 Å². The van der Waals surface area contributed by atoms with Crippen LogP contribution in [0.25, 0.3) is 0 Å². The summed E-state index contributed by atoms with van der Waals surface area (Å²) in [6.07, 6.45) is -1.55. The third-order valence-corrected chi connectivity index (χ3v) is 3.02. The molecule has 1 fully saturated rings. The van der Waals surface area contributed by atoms with Crippen LogP contribution in [0.1, 0.15) is 5.56 Å². The lowest BCUT2D eigenvalue weighted by molar-refractivity contribution is 0.0572. The fourth-order valence-electron chi connectivity index (χ4n) is 1.85. The van der Waals surface area contributed by atoms with Gasteiger partial charge in [0.05, 0.1) is 28.5 Å². The van der Waals surface area contributed by atoms with E-state index in [9.17, 15) is 10.2 Å². The summed E-state index contributed by atoms with van der Waals surface area (Å²) < 4.78 is 0. The monoisotopic (exact) mass is 238 g/mol. The van der Waals surface area contributed by atoms with Crippen molar-refractivity contribution in [1.82, 2.24) is 0 Å². The summed E-state index contributed by atoms with van der Waals surface area (Å²) >= 11 is 5.91. The zero-order chi connectivity index (χ0) is 11.7. The molecular formula is C11H11ClN2O2. The highest BCUT2D eigenvalue weighted by Gasteiger charge is 2.30. The van der Waals surface area contributed by atoms with E-state index in [1.165, 1.54) is 0 Å². The van der Waals surface area contributed by atoms with Gasteiger partial charge < -0.3 is 15.1 Å². The molecule has 0 saturated carbocycles. The summed E-state index contributed by atoms with van der Waals surface area (Å²) in [5, 5.41) is 28.3. The highest BCUT2D eigenvalue weighted by Crippen LogP contribution is 2.29. The first kappa shape index (κ1) is 11.2. The molecule has 2 N–H and O–H groups in total. The number of nitrogens with zero attached hydrogens (tertiary/aromatic N) is 2. The van der Waals surface area contributed by atoms with Gasteiger partial charge in [-0.3, -0.25) is 0 Å². The number of nitriles is 1. The minimum absolute atomic E-state index is 0.316. The van der Waals surface area contributed by atoms with Crippen LogP contribution < -0.4 is 4.90 Å². The fourth-order valence-corrected chi connectivity index (χ4v) is 2.06. The average Bonchev–Trinajstić information content (AvgIpc) is 2.59. The van der Waals surface area contributed by atoms with Crippen molar-refractivity contribution in [3.8, 4) is 6.07 Å². The van der Waals surface area contributed by atoms with Gasteiger partial charge in [-0.25, -0.2) is 0 Å². The van der Waals surface area contributed by atoms with Crippen molar-refractivity contribution in [1.29, 1.82) is 5.26 Å². The van der Waals surface area contributed by atoms with Gasteiger partial charge in [0.1, 0.15) is 6.07 Å². The fraction of sp³-hybridized carbons (Fsp3) is 0.364. The van der Waals surface area contributed by atoms with Gasteiger partial charge in [-0.1, -0.05) is 17.7 Å². The predicted molar refractivity (Wildman–Crippen MR) is 60.4 cm³/mol. The molecule has 1 aliphatic heterocycles. The number of aliphatic hydroxyl groups is 2. The van der Waals surface area contributed by atoms with Gasteiger partial charge in [0.2, 0.25) is 0 Å². The molecule has 0 radical (unpaired) electrons. The molecule has 5 heteroatoms. The Morgan fingerprint density at radius 3 is 2.50 bits per heavy atom. The van der Waals surface area contributed by atoms with E-state index in [4.69, 9.17) is 16.9 Å². The molecule has 84 valence electrons. The first-order valence-electron chi connectivity index (χ1n) is 4.93. The van der Waals surface area contributed by atoms with Crippen LogP contribution in [0.4, 0.5) is 5.69 Å². The third-order valence-electron chi connectivity index (χ3n) is 2.70. The van der Waals surface area contributed by atoms with Crippen LogP contribution in [-0.2, 0) is 0 Å². The first-order valence-corrected chi connectivity index (χ1v) is 5.31. The number of aliphatic hydroxyl groups excluding tert-OH is 2. The quantitative estimate of drug-likeness (QED) is 0.758. The predicted octanol–water partition coefficient (Wildman–Crippen LogP) is 0.753. The first-order chi connectivity index (χ1) is 7.63. The van der Waals surface area contributed by atoms with E-state index in [-0.39, 0.29) is 0 Å². The Morgan fingerprint density at radius 2 is 1.94 bits per heavy atom. The second-order valence-corrected chi connectivity index (χ2v) is 4.19. The summed E-state index contributed by atoms with van der Waals surface area (Å²) in [5.74, 6) is 0. The maximum absolute atomic E-state index is 9.45. The second-order valence-electron chi connectivity index (χ2n) is 3.79. The number of β-amino-alcohol motifs (C(OH)–C–C–N with tert-alkyl or cyclic N) is 2. The van der Waals surface area contributed by atoms with Crippen molar-refractivity contribution in [2.75, 3.05) is 18.0 Å². The number of benzene rings is 1. The molecule has 1 heterocycles. The van der Waals surface area contributed by atoms with E-state index < -0.39 is 12.2 Å². The van der Waals surface area contributed by atoms with E-state index in [0.29, 0.717) is 29.4 Å². The zero-order valence-electron chi connectivity index (χ0n) is 8.47. The minimum Gasteiger partial charge on any atom is -0.389 e. The summed E-state index contributed by atoms with van der Waals surface area (Å²) in [4.78, 5) is 1.76. The van der Waals surface area contributed by atoms with Crippen LogP contribution in [0.15, 0.2) is 18.2 Å². The standard InChI is InChI=1S/C11H11ClN2O2/c12-8-2-1-3-9(7(8)4-13)14-5-10(15)11(16)6-14/h1-3,10-11,15-16H,5-6H2. The lowest BCUT2D eigenvalue weighted by Gasteiger charge is -2.19. The van der Waals surface area contributed by atoms with Crippen molar-refractivity contribution < 1.29 is 10.2 Å². The van der Waals surface area contributed by atoms with Crippen molar-refractivity contribution in [3.05, 3.63) is 28.8 Å². The normalized spacial score (nSPS) is 24.5. The molecule has 2 rings (SSSR count). The second kappa shape index (κ2) is 4.30. The lowest BCUT2D eigenvalue weighted by atomic mass is 10.2. The van der Waals surface area contributed by atoms with Gasteiger partial charge in [0.25, 0.3) is 0 Å². The van der Waals surface area contributed by atoms with Crippen molar-refractivity contribution in [2.45, 2.75) is 12.2 Å². The Bertz CT molecular complexity index is 434. The van der Waals surface area contributed by atoms with E-state index in [1.54, 1.807) is 23.1 Å². The summed E-state index contributed by atoms with van der Waals surface area (Å²) in [6, 6.07) is 7.18. The number of hydrogen-bond donors (Lipinski definition) is 2. The highest BCUT2D eigenvalue weighted by molar-refractivity contribution is 6.32. The molecule has 0 bridgehead atoms. The van der Waals surface area contributed by atoms with Crippen LogP contribution in [0.3, 0.4) is 0 Å². The number of halogens is 1. The van der Waals surface area contributed by atoms with E-state index in [2.05, 4.69) is 0 Å². The summed E-state index contributed by atoms with van der Waals surface area (Å²) in [7, 11) is 0. The van der Waals surface area contributed by atoms with Crippen LogP contribution in [-0.4, -0.2) is 35.5 Å². The van der Waals surface area contributed by atoms with E-state index in [0.717, 1.165) is 0 Å². The van der Waals surface area contributed by atoms with Crippen LogP contribution >= 0.6 is 11.6 Å². The van der Waals surface area contributed by atoms with Gasteiger partial charge in [-0.15, -0.1) is 0 Å². The molecule has 4 nitrogen and oxygen atoms in total. The van der Waals surface area contributed by atoms with Crippen molar-refractivity contribution >= 4 is 17.3 Å². The minimum atomic E-state index is -0.773. The molecule has 1 saturated heterocycles. The molecule has 0 spiro atoms. The van der Waals surface area contributed by atoms with Gasteiger partial charge in [0.15, 0.2) is 0 Å². The maximum atomic E-state index is 9.45. The average molecular weight is 239 g/mol. The molecule has 0 amide bonds. The summed E-state index contributed by atoms with van der Waals surface area (Å²) in [5.41, 5.74) is 1.04. The topological polar surface area (TPSA) is 67.5 Å². The molecule has 1 aliphatic rings. The Morgan fingerprint density at radius 1 is 1.31 bits per heavy atom. The molecule has 2 unspecified atom stereocenters. The maximum Gasteiger partial charge on any atom is 0.103 e. The summed E-state index contributed by atoms with van der Waals surface area (Å²) in [6.45, 7) is 0.631. The smallest absolute Gasteiger partial charge is 0.103 e. The SMILES string of the molecule is N#Cc1c(Cl)cccc1N1CC(O)C(O)C1. The van der Waals surface area contributed by atoms with Crippen molar-refractivity contribution in [2.24, 2.45) is 0 Å². The van der Waals surface area contributed by atoms with Crippen molar-refractivity contribution in [3.63, 3.8) is 0 Å². The Kier molecular flexibility index (Phi) is 3.01. The van der Waals surface area contributed by atoms with Crippen LogP contribution in [0.2, 0.25) is 5.02 Å². The number of rotatable bonds is 1. The van der Waals surface area contributed by atoms with Gasteiger partial charge in [-0.2, -0.15) is 5.26 Å². The molecule has 0 aliphatic carbocycles. The van der Waals surface area contributed by atoms with Gasteiger partial charge in [-0.05, 0) is 12.1 Å². The van der Waals surface area contributed by atoms with Crippen LogP contribution in [0, 0.1) is 11.3 Å². The largest absolute Gasteiger partial charge is 0.389 e. The molecular weight excluding hydrogens is 228 g/mol. The highest BCUT2D eigenvalue weighted by atomic mass is 35.5. The molecule has 16 heavy (non-hydrogen) atoms. The Balaban J connectivity index is 2.35. The molecule has 1 aromatic carbocycles. The van der Waals surface area contributed by atoms with Crippen LogP contribution in [0.5, 0.6) is 0 Å². The molecule has 0 aromatic heterocycles. The molecule has 1 aromatic rings. The third kappa shape index (κ3) is 1.85.